The number of carbonyl (C=O) groups is 1. The van der Waals surface area contributed by atoms with Crippen molar-refractivity contribution in [2.75, 3.05) is 25.5 Å². The highest BCUT2D eigenvalue weighted by Gasteiger charge is 2.18. The van der Waals surface area contributed by atoms with E-state index in [1.165, 1.54) is 6.08 Å². The first kappa shape index (κ1) is 20.9. The van der Waals surface area contributed by atoms with Gasteiger partial charge in [-0.05, 0) is 63.6 Å². The van der Waals surface area contributed by atoms with Crippen LogP contribution < -0.4 is 14.8 Å². The quantitative estimate of drug-likeness (QED) is 0.718. The Morgan fingerprint density at radius 3 is 2.72 bits per heavy atom. The fourth-order valence-corrected chi connectivity index (χ4v) is 3.12. The molecule has 0 bridgehead atoms. The van der Waals surface area contributed by atoms with E-state index in [1.54, 1.807) is 24.4 Å². The number of carbonyl (C=O) groups excluding carboxylic acids is 1. The average Bonchev–Trinajstić information content (AvgIpc) is 2.69. The van der Waals surface area contributed by atoms with Crippen molar-refractivity contribution in [3.05, 3.63) is 54.2 Å². The van der Waals surface area contributed by atoms with Gasteiger partial charge in [-0.25, -0.2) is 4.98 Å². The maximum Gasteiger partial charge on any atom is 0.248 e. The maximum absolute atomic E-state index is 12.2. The smallest absolute Gasteiger partial charge is 0.248 e. The topological polar surface area (TPSA) is 63.7 Å². The maximum atomic E-state index is 12.2. The highest BCUT2D eigenvalue weighted by Crippen LogP contribution is 2.19. The second-order valence-corrected chi connectivity index (χ2v) is 7.57. The van der Waals surface area contributed by atoms with Crippen LogP contribution in [0.2, 0.25) is 0 Å². The Bertz CT molecular complexity index is 826. The van der Waals surface area contributed by atoms with Crippen LogP contribution in [0.15, 0.2) is 48.7 Å². The summed E-state index contributed by atoms with van der Waals surface area (Å²) in [5, 5.41) is 2.81. The number of benzene rings is 1. The van der Waals surface area contributed by atoms with E-state index in [0.717, 1.165) is 37.2 Å². The van der Waals surface area contributed by atoms with Crippen molar-refractivity contribution < 1.29 is 14.3 Å². The van der Waals surface area contributed by atoms with E-state index in [1.807, 2.05) is 38.1 Å². The third kappa shape index (κ3) is 6.91. The fraction of sp³-hybridized carbons (Fsp3) is 0.391. The summed E-state index contributed by atoms with van der Waals surface area (Å²) in [7, 11) is 2.12. The Morgan fingerprint density at radius 1 is 1.24 bits per heavy atom. The molecule has 1 saturated heterocycles. The zero-order valence-corrected chi connectivity index (χ0v) is 17.3. The number of aromatic nitrogens is 1. The third-order valence-electron chi connectivity index (χ3n) is 4.61. The molecule has 0 saturated carbocycles. The first-order valence-electron chi connectivity index (χ1n) is 10.0. The van der Waals surface area contributed by atoms with Crippen LogP contribution in [-0.2, 0) is 4.79 Å². The standard InChI is InChI=1S/C23H29N3O3/c1-17(2)28-21-6-4-5-18(15-21)7-9-22(27)25-19-8-10-23(24-16-19)29-20-11-13-26(3)14-12-20/h4-10,15-17,20H,11-14H2,1-3H3,(H,25,27)/b9-7+. The van der Waals surface area contributed by atoms with Crippen molar-refractivity contribution in [3.8, 4) is 11.6 Å². The third-order valence-corrected chi connectivity index (χ3v) is 4.61. The van der Waals surface area contributed by atoms with Gasteiger partial charge < -0.3 is 19.7 Å². The summed E-state index contributed by atoms with van der Waals surface area (Å²) in [5.74, 6) is 1.16. The van der Waals surface area contributed by atoms with Gasteiger partial charge in [0.05, 0.1) is 18.0 Å². The highest BCUT2D eigenvalue weighted by atomic mass is 16.5. The van der Waals surface area contributed by atoms with Crippen molar-refractivity contribution in [3.63, 3.8) is 0 Å². The van der Waals surface area contributed by atoms with E-state index < -0.39 is 0 Å². The zero-order valence-electron chi connectivity index (χ0n) is 17.3. The molecule has 1 amide bonds. The number of piperidine rings is 1. The minimum absolute atomic E-state index is 0.108. The van der Waals surface area contributed by atoms with Gasteiger partial charge in [-0.2, -0.15) is 0 Å². The fourth-order valence-electron chi connectivity index (χ4n) is 3.12. The Balaban J connectivity index is 1.51. The first-order chi connectivity index (χ1) is 14.0. The van der Waals surface area contributed by atoms with Gasteiger partial charge in [0.1, 0.15) is 11.9 Å². The van der Waals surface area contributed by atoms with E-state index in [0.29, 0.717) is 11.6 Å². The van der Waals surface area contributed by atoms with Crippen LogP contribution in [0.1, 0.15) is 32.3 Å². The van der Waals surface area contributed by atoms with E-state index in [9.17, 15) is 4.79 Å². The lowest BCUT2D eigenvalue weighted by Gasteiger charge is -2.28. The molecule has 2 aromatic rings. The molecular formula is C23H29N3O3. The summed E-state index contributed by atoms with van der Waals surface area (Å²) in [4.78, 5) is 18.8. The van der Waals surface area contributed by atoms with Gasteiger partial charge in [0.2, 0.25) is 11.8 Å². The summed E-state index contributed by atoms with van der Waals surface area (Å²) >= 11 is 0. The number of rotatable bonds is 7. The van der Waals surface area contributed by atoms with Crippen LogP contribution in [0.5, 0.6) is 11.6 Å². The predicted octanol–water partition coefficient (Wildman–Crippen LogP) is 3.99. The monoisotopic (exact) mass is 395 g/mol. The largest absolute Gasteiger partial charge is 0.491 e. The number of amides is 1. The van der Waals surface area contributed by atoms with Crippen LogP contribution in [0, 0.1) is 0 Å². The number of hydrogen-bond acceptors (Lipinski definition) is 5. The number of anilines is 1. The summed E-state index contributed by atoms with van der Waals surface area (Å²) in [6.07, 6.45) is 7.20. The average molecular weight is 396 g/mol. The molecule has 29 heavy (non-hydrogen) atoms. The molecule has 2 heterocycles. The van der Waals surface area contributed by atoms with Gasteiger partial charge in [-0.3, -0.25) is 4.79 Å². The number of nitrogens with one attached hydrogen (secondary N) is 1. The molecule has 1 fully saturated rings. The normalized spacial score (nSPS) is 15.6. The molecule has 0 aliphatic carbocycles. The highest BCUT2D eigenvalue weighted by molar-refractivity contribution is 6.01. The van der Waals surface area contributed by atoms with Crippen molar-refractivity contribution in [1.29, 1.82) is 0 Å². The number of nitrogens with zero attached hydrogens (tertiary/aromatic N) is 2. The van der Waals surface area contributed by atoms with Gasteiger partial charge in [0.15, 0.2) is 0 Å². The molecule has 0 spiro atoms. The number of pyridine rings is 1. The lowest BCUT2D eigenvalue weighted by Crippen LogP contribution is -2.35. The van der Waals surface area contributed by atoms with Crippen molar-refractivity contribution in [2.45, 2.75) is 38.9 Å². The molecule has 0 atom stereocenters. The summed E-state index contributed by atoms with van der Waals surface area (Å²) in [5.41, 5.74) is 1.53. The Kier molecular flexibility index (Phi) is 7.25. The molecule has 6 nitrogen and oxygen atoms in total. The Labute approximate surface area is 172 Å². The van der Waals surface area contributed by atoms with Gasteiger partial charge in [-0.15, -0.1) is 0 Å². The van der Waals surface area contributed by atoms with E-state index in [4.69, 9.17) is 9.47 Å². The summed E-state index contributed by atoms with van der Waals surface area (Å²) in [6, 6.07) is 11.2. The lowest BCUT2D eigenvalue weighted by molar-refractivity contribution is -0.111. The van der Waals surface area contributed by atoms with E-state index in [-0.39, 0.29) is 18.1 Å². The number of likely N-dealkylation sites (tertiary alicyclic amines) is 1. The van der Waals surface area contributed by atoms with E-state index >= 15 is 0 Å². The van der Waals surface area contributed by atoms with Gasteiger partial charge >= 0.3 is 0 Å². The van der Waals surface area contributed by atoms with Crippen molar-refractivity contribution in [2.24, 2.45) is 0 Å². The molecule has 1 aliphatic rings. The van der Waals surface area contributed by atoms with Crippen LogP contribution in [0.25, 0.3) is 6.08 Å². The second kappa shape index (κ2) is 10.1. The molecule has 1 N–H and O–H groups in total. The zero-order chi connectivity index (χ0) is 20.6. The van der Waals surface area contributed by atoms with Crippen LogP contribution >= 0.6 is 0 Å². The molecule has 3 rings (SSSR count). The molecular weight excluding hydrogens is 366 g/mol. The van der Waals surface area contributed by atoms with E-state index in [2.05, 4.69) is 22.2 Å². The Hall–Kier alpha value is -2.86. The van der Waals surface area contributed by atoms with Crippen molar-refractivity contribution in [1.82, 2.24) is 9.88 Å². The molecule has 0 unspecified atom stereocenters. The van der Waals surface area contributed by atoms with Gasteiger partial charge in [-0.1, -0.05) is 12.1 Å². The second-order valence-electron chi connectivity index (χ2n) is 7.57. The lowest BCUT2D eigenvalue weighted by atomic mass is 10.1. The number of ether oxygens (including phenoxy) is 2. The molecule has 154 valence electrons. The van der Waals surface area contributed by atoms with Crippen LogP contribution in [-0.4, -0.2) is 48.1 Å². The minimum Gasteiger partial charge on any atom is -0.491 e. The van der Waals surface area contributed by atoms with Crippen molar-refractivity contribution >= 4 is 17.7 Å². The van der Waals surface area contributed by atoms with Crippen LogP contribution in [0.4, 0.5) is 5.69 Å². The SMILES string of the molecule is CC(C)Oc1cccc(/C=C/C(=O)Nc2ccc(OC3CCN(C)CC3)nc2)c1. The molecule has 0 radical (unpaired) electrons. The molecule has 1 aromatic heterocycles. The molecule has 1 aromatic carbocycles. The molecule has 1 aliphatic heterocycles. The van der Waals surface area contributed by atoms with Gasteiger partial charge in [0, 0.05) is 25.2 Å². The number of hydrogen-bond donors (Lipinski definition) is 1. The predicted molar refractivity (Wildman–Crippen MR) is 115 cm³/mol. The minimum atomic E-state index is -0.217. The summed E-state index contributed by atoms with van der Waals surface area (Å²) in [6.45, 7) is 6.04. The molecule has 6 heteroatoms. The van der Waals surface area contributed by atoms with Gasteiger partial charge in [0.25, 0.3) is 0 Å². The first-order valence-corrected chi connectivity index (χ1v) is 10.0. The Morgan fingerprint density at radius 2 is 2.03 bits per heavy atom. The van der Waals surface area contributed by atoms with Crippen LogP contribution in [0.3, 0.4) is 0 Å². The summed E-state index contributed by atoms with van der Waals surface area (Å²) < 4.78 is 11.6.